The van der Waals surface area contributed by atoms with E-state index >= 15 is 0 Å². The molecule has 164 valence electrons. The Morgan fingerprint density at radius 2 is 1.94 bits per heavy atom. The second-order valence-electron chi connectivity index (χ2n) is 7.70. The summed E-state index contributed by atoms with van der Waals surface area (Å²) in [5, 5.41) is 29.9. The zero-order chi connectivity index (χ0) is 22.5. The molecule has 0 bridgehead atoms. The van der Waals surface area contributed by atoms with Crippen molar-refractivity contribution in [3.05, 3.63) is 83.6 Å². The largest absolute Gasteiger partial charge is 0.491 e. The van der Waals surface area contributed by atoms with Gasteiger partial charge in [0.15, 0.2) is 0 Å². The van der Waals surface area contributed by atoms with Crippen LogP contribution in [0.3, 0.4) is 0 Å². The fourth-order valence-corrected chi connectivity index (χ4v) is 3.78. The number of aryl methyl sites for hydroxylation is 1. The number of hydrogen-bond acceptors (Lipinski definition) is 4. The third-order valence-corrected chi connectivity index (χ3v) is 5.41. The number of amides is 1. The van der Waals surface area contributed by atoms with Crippen LogP contribution in [0.5, 0.6) is 5.75 Å². The number of fused-ring (bicyclic) bond motifs is 1. The molecule has 1 atom stereocenters. The van der Waals surface area contributed by atoms with Crippen LogP contribution in [0, 0.1) is 6.92 Å². The number of carbonyl (C=O) groups is 1. The van der Waals surface area contributed by atoms with Gasteiger partial charge in [-0.3, -0.25) is 5.10 Å². The molecule has 1 unspecified atom stereocenters. The first-order valence-corrected chi connectivity index (χ1v) is 10.4. The summed E-state index contributed by atoms with van der Waals surface area (Å²) < 4.78 is 5.97. The summed E-state index contributed by atoms with van der Waals surface area (Å²) in [4.78, 5) is 11.2. The van der Waals surface area contributed by atoms with Crippen LogP contribution in [0.2, 0.25) is 0 Å². The standard InChI is InChI=1S/C25H25N3O4/c1-16-22-12-18(8-10-24(22)28-27-16)23-13-21(9-7-19(23)14-29)32-15-20(26-25(30)31)11-17-5-3-2-4-6-17/h2-10,12-13,20,26,29H,11,14-15H2,1H3,(H,27,28)(H,30,31). The summed E-state index contributed by atoms with van der Waals surface area (Å²) in [6, 6.07) is 20.7. The van der Waals surface area contributed by atoms with Crippen molar-refractivity contribution in [3.63, 3.8) is 0 Å². The third kappa shape index (κ3) is 4.90. The number of aromatic nitrogens is 2. The smallest absolute Gasteiger partial charge is 0.405 e. The number of H-pyrrole nitrogens is 1. The van der Waals surface area contributed by atoms with Gasteiger partial charge < -0.3 is 20.3 Å². The first kappa shape index (κ1) is 21.4. The highest BCUT2D eigenvalue weighted by Gasteiger charge is 2.15. The number of hydrogen-bond donors (Lipinski definition) is 4. The maximum absolute atomic E-state index is 11.2. The monoisotopic (exact) mass is 431 g/mol. The minimum absolute atomic E-state index is 0.102. The van der Waals surface area contributed by atoms with Gasteiger partial charge in [-0.25, -0.2) is 4.79 Å². The number of aliphatic hydroxyl groups is 1. The zero-order valence-corrected chi connectivity index (χ0v) is 17.7. The molecule has 0 aliphatic heterocycles. The van der Waals surface area contributed by atoms with Crippen LogP contribution in [0.4, 0.5) is 4.79 Å². The lowest BCUT2D eigenvalue weighted by atomic mass is 9.98. The third-order valence-electron chi connectivity index (χ3n) is 5.41. The van der Waals surface area contributed by atoms with Crippen molar-refractivity contribution in [2.45, 2.75) is 26.0 Å². The molecule has 0 saturated carbocycles. The predicted molar refractivity (Wildman–Crippen MR) is 123 cm³/mol. The van der Waals surface area contributed by atoms with Crippen molar-refractivity contribution in [2.24, 2.45) is 0 Å². The van der Waals surface area contributed by atoms with Gasteiger partial charge in [-0.1, -0.05) is 42.5 Å². The van der Waals surface area contributed by atoms with Crippen LogP contribution in [0.15, 0.2) is 66.7 Å². The van der Waals surface area contributed by atoms with Crippen molar-refractivity contribution in [2.75, 3.05) is 6.61 Å². The molecule has 4 aromatic rings. The van der Waals surface area contributed by atoms with Gasteiger partial charge in [0.05, 0.1) is 18.2 Å². The minimum Gasteiger partial charge on any atom is -0.491 e. The summed E-state index contributed by atoms with van der Waals surface area (Å²) in [6.07, 6.45) is -0.569. The summed E-state index contributed by atoms with van der Waals surface area (Å²) in [6.45, 7) is 2.04. The first-order chi connectivity index (χ1) is 15.5. The first-order valence-electron chi connectivity index (χ1n) is 10.4. The van der Waals surface area contributed by atoms with E-state index in [-0.39, 0.29) is 13.2 Å². The van der Waals surface area contributed by atoms with Crippen LogP contribution in [-0.2, 0) is 13.0 Å². The molecule has 4 rings (SSSR count). The molecule has 3 aromatic carbocycles. The average Bonchev–Trinajstić information content (AvgIpc) is 3.17. The molecule has 32 heavy (non-hydrogen) atoms. The van der Waals surface area contributed by atoms with E-state index in [9.17, 15) is 15.0 Å². The van der Waals surface area contributed by atoms with Gasteiger partial charge in [-0.2, -0.15) is 5.10 Å². The average molecular weight is 431 g/mol. The number of nitrogens with zero attached hydrogens (tertiary/aromatic N) is 1. The lowest BCUT2D eigenvalue weighted by Gasteiger charge is -2.19. The Morgan fingerprint density at radius 3 is 2.69 bits per heavy atom. The molecule has 0 aliphatic carbocycles. The van der Waals surface area contributed by atoms with Crippen LogP contribution >= 0.6 is 0 Å². The van der Waals surface area contributed by atoms with Gasteiger partial charge in [0.2, 0.25) is 0 Å². The molecule has 1 amide bonds. The van der Waals surface area contributed by atoms with Crippen molar-refractivity contribution < 1.29 is 19.7 Å². The second-order valence-corrected chi connectivity index (χ2v) is 7.70. The number of nitrogens with one attached hydrogen (secondary N) is 2. The maximum atomic E-state index is 11.2. The van der Waals surface area contributed by atoms with E-state index in [0.717, 1.165) is 38.9 Å². The fraction of sp³-hybridized carbons (Fsp3) is 0.200. The van der Waals surface area contributed by atoms with Gasteiger partial charge in [0.1, 0.15) is 12.4 Å². The molecule has 4 N–H and O–H groups in total. The summed E-state index contributed by atoms with van der Waals surface area (Å²) in [5.41, 5.74) is 5.47. The zero-order valence-electron chi connectivity index (χ0n) is 17.7. The summed E-state index contributed by atoms with van der Waals surface area (Å²) in [5.74, 6) is 0.603. The highest BCUT2D eigenvalue weighted by molar-refractivity contribution is 5.87. The van der Waals surface area contributed by atoms with Crippen molar-refractivity contribution >= 4 is 17.0 Å². The number of aromatic amines is 1. The quantitative estimate of drug-likeness (QED) is 0.333. The number of benzene rings is 3. The van der Waals surface area contributed by atoms with Crippen molar-refractivity contribution in [1.29, 1.82) is 0 Å². The Morgan fingerprint density at radius 1 is 1.12 bits per heavy atom. The van der Waals surface area contributed by atoms with E-state index in [2.05, 4.69) is 15.5 Å². The Labute approximate surface area is 185 Å². The molecule has 0 radical (unpaired) electrons. The Balaban J connectivity index is 1.56. The lowest BCUT2D eigenvalue weighted by Crippen LogP contribution is -2.39. The molecular formula is C25H25N3O4. The van der Waals surface area contributed by atoms with Crippen LogP contribution in [0.25, 0.3) is 22.0 Å². The molecule has 1 heterocycles. The molecular weight excluding hydrogens is 406 g/mol. The van der Waals surface area contributed by atoms with E-state index < -0.39 is 12.1 Å². The molecule has 7 heteroatoms. The number of ether oxygens (including phenoxy) is 1. The molecule has 0 spiro atoms. The Hall–Kier alpha value is -3.84. The summed E-state index contributed by atoms with van der Waals surface area (Å²) >= 11 is 0. The van der Waals surface area contributed by atoms with E-state index in [4.69, 9.17) is 4.74 Å². The summed E-state index contributed by atoms with van der Waals surface area (Å²) in [7, 11) is 0. The topological polar surface area (TPSA) is 107 Å². The molecule has 7 nitrogen and oxygen atoms in total. The fourth-order valence-electron chi connectivity index (χ4n) is 3.78. The highest BCUT2D eigenvalue weighted by Crippen LogP contribution is 2.31. The number of carboxylic acid groups (broad SMARTS) is 1. The van der Waals surface area contributed by atoms with Crippen molar-refractivity contribution in [1.82, 2.24) is 15.5 Å². The second kappa shape index (κ2) is 9.53. The predicted octanol–water partition coefficient (Wildman–Crippen LogP) is 4.29. The highest BCUT2D eigenvalue weighted by atomic mass is 16.5. The molecule has 0 aliphatic rings. The number of aliphatic hydroxyl groups excluding tert-OH is 1. The molecule has 0 saturated heterocycles. The Kier molecular flexibility index (Phi) is 6.37. The maximum Gasteiger partial charge on any atom is 0.405 e. The van der Waals surface area contributed by atoms with Gasteiger partial charge >= 0.3 is 6.09 Å². The van der Waals surface area contributed by atoms with E-state index in [1.165, 1.54) is 0 Å². The van der Waals surface area contributed by atoms with E-state index in [0.29, 0.717) is 12.2 Å². The van der Waals surface area contributed by atoms with E-state index in [1.54, 1.807) is 6.07 Å². The normalized spacial score (nSPS) is 11.9. The van der Waals surface area contributed by atoms with Gasteiger partial charge in [-0.15, -0.1) is 0 Å². The minimum atomic E-state index is -1.09. The van der Waals surface area contributed by atoms with Crippen LogP contribution < -0.4 is 10.1 Å². The SMILES string of the molecule is Cc1[nH]nc2ccc(-c3cc(OCC(Cc4ccccc4)NC(=O)O)ccc3CO)cc12. The molecule has 0 fully saturated rings. The lowest BCUT2D eigenvalue weighted by molar-refractivity contribution is 0.181. The van der Waals surface area contributed by atoms with Gasteiger partial charge in [0, 0.05) is 11.1 Å². The number of rotatable bonds is 8. The Bertz CT molecular complexity index is 1220. The van der Waals surface area contributed by atoms with Gasteiger partial charge in [-0.05, 0) is 59.9 Å². The van der Waals surface area contributed by atoms with Crippen molar-refractivity contribution in [3.8, 4) is 16.9 Å². The van der Waals surface area contributed by atoms with Crippen LogP contribution in [-0.4, -0.2) is 39.2 Å². The van der Waals surface area contributed by atoms with Gasteiger partial charge in [0.25, 0.3) is 0 Å². The molecule has 1 aromatic heterocycles. The van der Waals surface area contributed by atoms with E-state index in [1.807, 2.05) is 67.6 Å². The van der Waals surface area contributed by atoms with Crippen LogP contribution in [0.1, 0.15) is 16.8 Å².